The van der Waals surface area contributed by atoms with Crippen LogP contribution in [-0.4, -0.2) is 22.3 Å². The maximum atomic E-state index is 13.7. The summed E-state index contributed by atoms with van der Waals surface area (Å²) in [5.74, 6) is -0.0550. The second-order valence-electron chi connectivity index (χ2n) is 8.34. The van der Waals surface area contributed by atoms with E-state index in [1.165, 1.54) is 42.5 Å². The van der Waals surface area contributed by atoms with Gasteiger partial charge in [0.15, 0.2) is 16.9 Å². The third-order valence-corrected chi connectivity index (χ3v) is 5.93. The Morgan fingerprint density at radius 3 is 2.43 bits per heavy atom. The highest BCUT2D eigenvalue weighted by molar-refractivity contribution is 5.83. The molecule has 2 aliphatic rings. The van der Waals surface area contributed by atoms with E-state index in [2.05, 4.69) is 14.2 Å². The molecular formula is C25H16F4N2O4. The summed E-state index contributed by atoms with van der Waals surface area (Å²) in [4.78, 5) is 18.5. The molecule has 1 fully saturated rings. The van der Waals surface area contributed by atoms with Gasteiger partial charge in [0, 0.05) is 29.6 Å². The largest absolute Gasteiger partial charge is 0.586 e. The molecule has 35 heavy (non-hydrogen) atoms. The molecule has 0 spiro atoms. The summed E-state index contributed by atoms with van der Waals surface area (Å²) < 4.78 is 67.3. The number of hydrogen-bond acceptors (Lipinski definition) is 5. The fourth-order valence-electron chi connectivity index (χ4n) is 4.16. The lowest BCUT2D eigenvalue weighted by Crippen LogP contribution is -2.25. The Morgan fingerprint density at radius 1 is 1.00 bits per heavy atom. The molecule has 1 aliphatic heterocycles. The number of fused-ring (bicyclic) bond motifs is 2. The predicted octanol–water partition coefficient (Wildman–Crippen LogP) is 5.83. The van der Waals surface area contributed by atoms with Gasteiger partial charge < -0.3 is 18.6 Å². The van der Waals surface area contributed by atoms with Crippen molar-refractivity contribution in [2.45, 2.75) is 31.7 Å². The number of nitrogens with zero attached hydrogens (tertiary/aromatic N) is 2. The molecule has 0 unspecified atom stereocenters. The summed E-state index contributed by atoms with van der Waals surface area (Å²) in [5, 5.41) is 0. The number of aromatic nitrogens is 2. The van der Waals surface area contributed by atoms with Crippen LogP contribution in [0.1, 0.15) is 24.5 Å². The quantitative estimate of drug-likeness (QED) is 0.334. The molecule has 2 aromatic heterocycles. The molecular weight excluding hydrogens is 468 g/mol. The Morgan fingerprint density at radius 2 is 1.71 bits per heavy atom. The van der Waals surface area contributed by atoms with Gasteiger partial charge in [0.2, 0.25) is 0 Å². The van der Waals surface area contributed by atoms with Crippen molar-refractivity contribution in [1.29, 1.82) is 0 Å². The molecule has 0 radical (unpaired) electrons. The van der Waals surface area contributed by atoms with E-state index in [0.717, 1.165) is 18.5 Å². The van der Waals surface area contributed by atoms with Crippen LogP contribution >= 0.6 is 0 Å². The van der Waals surface area contributed by atoms with Crippen LogP contribution in [0.15, 0.2) is 65.7 Å². The number of benzene rings is 2. The molecule has 6 nitrogen and oxygen atoms in total. The fourth-order valence-corrected chi connectivity index (χ4v) is 4.16. The summed E-state index contributed by atoms with van der Waals surface area (Å²) in [6, 6.07) is 11.7. The van der Waals surface area contributed by atoms with Crippen molar-refractivity contribution in [3.05, 3.63) is 76.8 Å². The lowest BCUT2D eigenvalue weighted by atomic mass is 9.99. The van der Waals surface area contributed by atoms with Gasteiger partial charge >= 0.3 is 12.9 Å². The second kappa shape index (κ2) is 7.72. The Balaban J connectivity index is 1.54. The maximum absolute atomic E-state index is 13.7. The van der Waals surface area contributed by atoms with E-state index in [1.54, 1.807) is 16.8 Å². The zero-order valence-corrected chi connectivity index (χ0v) is 17.9. The molecule has 10 heteroatoms. The van der Waals surface area contributed by atoms with E-state index < -0.39 is 18.3 Å². The van der Waals surface area contributed by atoms with E-state index in [-0.39, 0.29) is 28.4 Å². The average Bonchev–Trinajstić information content (AvgIpc) is 3.60. The Labute approximate surface area is 195 Å². The van der Waals surface area contributed by atoms with Crippen molar-refractivity contribution in [2.75, 3.05) is 0 Å². The van der Waals surface area contributed by atoms with Gasteiger partial charge in [-0.1, -0.05) is 18.2 Å². The van der Waals surface area contributed by atoms with Gasteiger partial charge in [0.05, 0.1) is 5.56 Å². The molecule has 0 amide bonds. The third kappa shape index (κ3) is 3.94. The van der Waals surface area contributed by atoms with E-state index >= 15 is 0 Å². The van der Waals surface area contributed by atoms with Gasteiger partial charge in [0.1, 0.15) is 11.4 Å². The number of rotatable bonds is 5. The van der Waals surface area contributed by atoms with Crippen molar-refractivity contribution in [3.63, 3.8) is 0 Å². The third-order valence-electron chi connectivity index (χ3n) is 5.93. The first-order valence-electron chi connectivity index (χ1n) is 10.8. The minimum atomic E-state index is -3.79. The van der Waals surface area contributed by atoms with Gasteiger partial charge in [-0.2, -0.15) is 8.78 Å². The van der Waals surface area contributed by atoms with Crippen LogP contribution in [0.5, 0.6) is 17.2 Å². The number of halogens is 4. The van der Waals surface area contributed by atoms with Crippen LogP contribution in [0, 0.1) is 0 Å². The van der Waals surface area contributed by atoms with Crippen molar-refractivity contribution in [3.8, 4) is 39.5 Å². The zero-order valence-electron chi connectivity index (χ0n) is 17.9. The van der Waals surface area contributed by atoms with E-state index in [1.807, 2.05) is 6.07 Å². The van der Waals surface area contributed by atoms with E-state index in [9.17, 15) is 22.4 Å². The SMILES string of the molecule is O=c1c(-c2ccc(OC(F)F)cc2)cn2ccc(C3CC3)nc2c1-c1ccc2c(c1)OC(F)(F)O2. The van der Waals surface area contributed by atoms with Crippen molar-refractivity contribution in [1.82, 2.24) is 9.38 Å². The molecule has 1 aliphatic carbocycles. The number of hydrogen-bond donors (Lipinski definition) is 0. The molecule has 4 aromatic rings. The maximum Gasteiger partial charge on any atom is 0.586 e. The topological polar surface area (TPSA) is 62.1 Å². The molecule has 1 saturated carbocycles. The number of pyridine rings is 1. The van der Waals surface area contributed by atoms with Crippen molar-refractivity contribution < 1.29 is 31.8 Å². The van der Waals surface area contributed by atoms with E-state index in [4.69, 9.17) is 4.98 Å². The van der Waals surface area contributed by atoms with Crippen LogP contribution in [0.2, 0.25) is 0 Å². The highest BCUT2D eigenvalue weighted by atomic mass is 19.3. The first-order chi connectivity index (χ1) is 16.8. The van der Waals surface area contributed by atoms with Gasteiger partial charge in [-0.3, -0.25) is 4.79 Å². The minimum absolute atomic E-state index is 0.0442. The molecule has 3 heterocycles. The van der Waals surface area contributed by atoms with Crippen molar-refractivity contribution in [2.24, 2.45) is 0 Å². The summed E-state index contributed by atoms with van der Waals surface area (Å²) in [6.45, 7) is -2.97. The average molecular weight is 484 g/mol. The van der Waals surface area contributed by atoms with Crippen LogP contribution < -0.4 is 19.6 Å². The second-order valence-corrected chi connectivity index (χ2v) is 8.34. The number of alkyl halides is 4. The number of ether oxygens (including phenoxy) is 3. The van der Waals surface area contributed by atoms with E-state index in [0.29, 0.717) is 22.7 Å². The van der Waals surface area contributed by atoms with Crippen LogP contribution in [0.4, 0.5) is 17.6 Å². The molecule has 0 saturated heterocycles. The molecule has 6 rings (SSSR count). The summed E-state index contributed by atoms with van der Waals surface area (Å²) in [5.41, 5.74) is 2.06. The fraction of sp³-hybridized carbons (Fsp3) is 0.200. The van der Waals surface area contributed by atoms with Gasteiger partial charge in [-0.15, -0.1) is 8.78 Å². The summed E-state index contributed by atoms with van der Waals surface area (Å²) in [6.07, 6.45) is 1.62. The lowest BCUT2D eigenvalue weighted by Gasteiger charge is -2.13. The van der Waals surface area contributed by atoms with Gasteiger partial charge in [-0.25, -0.2) is 4.98 Å². The van der Waals surface area contributed by atoms with Crippen molar-refractivity contribution >= 4 is 5.65 Å². The van der Waals surface area contributed by atoms with Crippen LogP contribution in [-0.2, 0) is 0 Å². The molecule has 2 aromatic carbocycles. The summed E-state index contributed by atoms with van der Waals surface area (Å²) in [7, 11) is 0. The Bertz CT molecular complexity index is 1510. The first kappa shape index (κ1) is 21.5. The highest BCUT2D eigenvalue weighted by Crippen LogP contribution is 2.43. The zero-order chi connectivity index (χ0) is 24.3. The van der Waals surface area contributed by atoms with Gasteiger partial charge in [-0.05, 0) is 54.3 Å². The van der Waals surface area contributed by atoms with Crippen LogP contribution in [0.25, 0.3) is 27.9 Å². The standard InChI is InChI=1S/C25H16F4N2O4/c26-24(27)33-16-6-3-13(4-7-16)17-12-31-10-9-18(14-1-2-14)30-23(31)21(22(17)32)15-5-8-19-20(11-15)35-25(28,29)34-19/h3-12,14,24H,1-2H2. The predicted molar refractivity (Wildman–Crippen MR) is 117 cm³/mol. The van der Waals surface area contributed by atoms with Crippen LogP contribution in [0.3, 0.4) is 0 Å². The molecule has 0 bridgehead atoms. The molecule has 0 N–H and O–H groups in total. The smallest absolute Gasteiger partial charge is 0.435 e. The first-order valence-corrected chi connectivity index (χ1v) is 10.8. The van der Waals surface area contributed by atoms with Gasteiger partial charge in [0.25, 0.3) is 0 Å². The normalized spacial score (nSPS) is 16.1. The monoisotopic (exact) mass is 484 g/mol. The summed E-state index contributed by atoms with van der Waals surface area (Å²) >= 11 is 0. The molecule has 178 valence electrons. The minimum Gasteiger partial charge on any atom is -0.435 e. The highest BCUT2D eigenvalue weighted by Gasteiger charge is 2.43. The Kier molecular flexibility index (Phi) is 4.73. The lowest BCUT2D eigenvalue weighted by molar-refractivity contribution is -0.286. The molecule has 0 atom stereocenters. The Hall–Kier alpha value is -4.08.